The van der Waals surface area contributed by atoms with Crippen LogP contribution in [0.5, 0.6) is 5.75 Å². The van der Waals surface area contributed by atoms with Crippen LogP contribution >= 0.6 is 11.8 Å². The van der Waals surface area contributed by atoms with Crippen molar-refractivity contribution in [2.24, 2.45) is 4.40 Å². The van der Waals surface area contributed by atoms with Crippen molar-refractivity contribution in [3.05, 3.63) is 77.5 Å². The van der Waals surface area contributed by atoms with E-state index in [-0.39, 0.29) is 22.5 Å². The summed E-state index contributed by atoms with van der Waals surface area (Å²) in [6, 6.07) is 11.4. The molecule has 29 heavy (non-hydrogen) atoms. The first kappa shape index (κ1) is 20.8. The molecule has 0 spiro atoms. The summed E-state index contributed by atoms with van der Waals surface area (Å²) in [4.78, 5) is 14.1. The zero-order valence-corrected chi connectivity index (χ0v) is 17.0. The molecule has 9 heteroatoms. The highest BCUT2D eigenvalue weighted by atomic mass is 32.2. The smallest absolute Gasteiger partial charge is 0.284 e. The fourth-order valence-corrected chi connectivity index (χ4v) is 4.67. The first-order chi connectivity index (χ1) is 13.8. The minimum absolute atomic E-state index is 0.0130. The van der Waals surface area contributed by atoms with Crippen molar-refractivity contribution < 1.29 is 22.3 Å². The lowest BCUT2D eigenvalue weighted by atomic mass is 10.2. The van der Waals surface area contributed by atoms with Crippen LogP contribution in [0.3, 0.4) is 0 Å². The van der Waals surface area contributed by atoms with E-state index in [1.165, 1.54) is 11.0 Å². The summed E-state index contributed by atoms with van der Waals surface area (Å²) in [5.41, 5.74) is 0.753. The summed E-state index contributed by atoms with van der Waals surface area (Å²) in [7, 11) is -2.56. The lowest BCUT2D eigenvalue weighted by Crippen LogP contribution is -2.29. The minimum atomic E-state index is -4.11. The topological polar surface area (TPSA) is 76.0 Å². The first-order valence-corrected chi connectivity index (χ1v) is 10.7. The number of thioether (sulfide) groups is 1. The molecule has 150 valence electrons. The van der Waals surface area contributed by atoms with E-state index in [4.69, 9.17) is 4.74 Å². The van der Waals surface area contributed by atoms with Gasteiger partial charge in [0, 0.05) is 6.54 Å². The van der Waals surface area contributed by atoms with E-state index in [0.717, 1.165) is 41.6 Å². The van der Waals surface area contributed by atoms with Gasteiger partial charge in [-0.3, -0.25) is 9.69 Å². The Hall–Kier alpha value is -2.91. The second kappa shape index (κ2) is 8.62. The largest absolute Gasteiger partial charge is 0.497 e. The fraction of sp³-hybridized carbons (Fsp3) is 0.100. The number of hydrogen-bond donors (Lipinski definition) is 0. The molecular formula is C20H17FN2O4S2. The van der Waals surface area contributed by atoms with E-state index >= 15 is 0 Å². The highest BCUT2D eigenvalue weighted by Crippen LogP contribution is 2.33. The van der Waals surface area contributed by atoms with Crippen LogP contribution in [0.15, 0.2) is 75.4 Å². The van der Waals surface area contributed by atoms with E-state index in [0.29, 0.717) is 10.7 Å². The maximum atomic E-state index is 13.1. The highest BCUT2D eigenvalue weighted by molar-refractivity contribution is 8.19. The molecular weight excluding hydrogens is 415 g/mol. The number of nitrogens with zero attached hydrogens (tertiary/aromatic N) is 2. The van der Waals surface area contributed by atoms with E-state index in [1.807, 2.05) is 0 Å². The van der Waals surface area contributed by atoms with Crippen LogP contribution in [-0.2, 0) is 14.8 Å². The predicted molar refractivity (Wildman–Crippen MR) is 111 cm³/mol. The zero-order valence-electron chi connectivity index (χ0n) is 15.4. The molecule has 1 heterocycles. The van der Waals surface area contributed by atoms with Crippen LogP contribution in [0.2, 0.25) is 0 Å². The number of benzene rings is 2. The van der Waals surface area contributed by atoms with Crippen molar-refractivity contribution >= 4 is 38.9 Å². The second-order valence-electron chi connectivity index (χ2n) is 5.89. The van der Waals surface area contributed by atoms with Crippen molar-refractivity contribution in [3.8, 4) is 5.75 Å². The maximum Gasteiger partial charge on any atom is 0.284 e. The van der Waals surface area contributed by atoms with Crippen LogP contribution in [-0.4, -0.2) is 38.0 Å². The molecule has 0 saturated carbocycles. The van der Waals surface area contributed by atoms with Crippen LogP contribution < -0.4 is 4.74 Å². The molecule has 0 aliphatic carbocycles. The third kappa shape index (κ3) is 4.75. The Bertz CT molecular complexity index is 1090. The number of halogens is 1. The number of ether oxygens (including phenoxy) is 1. The van der Waals surface area contributed by atoms with Crippen LogP contribution in [0.25, 0.3) is 6.08 Å². The number of carbonyl (C=O) groups excluding carboxylic acids is 1. The van der Waals surface area contributed by atoms with Gasteiger partial charge in [0.15, 0.2) is 5.17 Å². The SMILES string of the molecule is C=CCN1C(=O)/C(=C/c2ccc(OC)cc2)S/C1=N\S(=O)(=O)c1ccc(F)cc1. The summed E-state index contributed by atoms with van der Waals surface area (Å²) in [6.07, 6.45) is 3.13. The second-order valence-corrected chi connectivity index (χ2v) is 8.50. The first-order valence-electron chi connectivity index (χ1n) is 8.41. The van der Waals surface area contributed by atoms with Gasteiger partial charge < -0.3 is 4.74 Å². The highest BCUT2D eigenvalue weighted by Gasteiger charge is 2.34. The summed E-state index contributed by atoms with van der Waals surface area (Å²) in [6.45, 7) is 3.70. The van der Waals surface area contributed by atoms with Gasteiger partial charge in [0.1, 0.15) is 11.6 Å². The van der Waals surface area contributed by atoms with Gasteiger partial charge in [-0.25, -0.2) is 4.39 Å². The molecule has 1 fully saturated rings. The van der Waals surface area contributed by atoms with Crippen LogP contribution in [0.4, 0.5) is 4.39 Å². The van der Waals surface area contributed by atoms with Crippen LogP contribution in [0.1, 0.15) is 5.56 Å². The Labute approximate surface area is 172 Å². The van der Waals surface area contributed by atoms with Crippen LogP contribution in [0, 0.1) is 5.82 Å². The van der Waals surface area contributed by atoms with Gasteiger partial charge in [-0.1, -0.05) is 18.2 Å². The third-order valence-electron chi connectivity index (χ3n) is 3.92. The molecule has 1 saturated heterocycles. The number of amides is 1. The molecule has 0 N–H and O–H groups in total. The van der Waals surface area contributed by atoms with Crippen molar-refractivity contribution in [2.75, 3.05) is 13.7 Å². The number of amidine groups is 1. The summed E-state index contributed by atoms with van der Waals surface area (Å²) in [5, 5.41) is 0.0130. The fourth-order valence-electron chi connectivity index (χ4n) is 2.48. The Balaban J connectivity index is 1.96. The maximum absolute atomic E-state index is 13.1. The number of sulfonamides is 1. The molecule has 1 aliphatic heterocycles. The number of rotatable bonds is 6. The quantitative estimate of drug-likeness (QED) is 0.514. The summed E-state index contributed by atoms with van der Waals surface area (Å²) >= 11 is 0.952. The van der Waals surface area contributed by atoms with Gasteiger partial charge in [0.25, 0.3) is 15.9 Å². The zero-order chi connectivity index (χ0) is 21.0. The molecule has 3 rings (SSSR count). The summed E-state index contributed by atoms with van der Waals surface area (Å²) in [5.74, 6) is -0.253. The molecule has 1 amide bonds. The van der Waals surface area contributed by atoms with Crippen molar-refractivity contribution in [1.29, 1.82) is 0 Å². The number of hydrogen-bond acceptors (Lipinski definition) is 5. The van der Waals surface area contributed by atoms with Gasteiger partial charge in [-0.15, -0.1) is 11.0 Å². The molecule has 2 aromatic rings. The minimum Gasteiger partial charge on any atom is -0.497 e. The molecule has 0 radical (unpaired) electrons. The van der Waals surface area contributed by atoms with E-state index in [1.54, 1.807) is 37.5 Å². The average Bonchev–Trinajstić information content (AvgIpc) is 2.97. The standard InChI is InChI=1S/C20H17FN2O4S2/c1-3-12-23-19(24)18(13-14-4-8-16(27-2)9-5-14)28-20(23)22-29(25,26)17-10-6-15(21)7-11-17/h3-11,13H,1,12H2,2H3/b18-13-,22-20-. The van der Waals surface area contributed by atoms with Crippen molar-refractivity contribution in [2.45, 2.75) is 4.90 Å². The summed E-state index contributed by atoms with van der Waals surface area (Å²) < 4.78 is 47.1. The Kier molecular flexibility index (Phi) is 6.19. The van der Waals surface area contributed by atoms with Gasteiger partial charge in [0.2, 0.25) is 0 Å². The average molecular weight is 432 g/mol. The normalized spacial score (nSPS) is 17.2. The van der Waals surface area contributed by atoms with Gasteiger partial charge in [-0.2, -0.15) is 8.42 Å². The Morgan fingerprint density at radius 1 is 1.17 bits per heavy atom. The number of methoxy groups -OCH3 is 1. The lowest BCUT2D eigenvalue weighted by Gasteiger charge is -2.12. The lowest BCUT2D eigenvalue weighted by molar-refractivity contribution is -0.121. The monoisotopic (exact) mass is 432 g/mol. The molecule has 2 aromatic carbocycles. The van der Waals surface area contributed by atoms with Gasteiger partial charge in [0.05, 0.1) is 16.9 Å². The predicted octanol–water partition coefficient (Wildman–Crippen LogP) is 3.68. The Morgan fingerprint density at radius 3 is 2.41 bits per heavy atom. The Morgan fingerprint density at radius 2 is 1.83 bits per heavy atom. The van der Waals surface area contributed by atoms with E-state index in [2.05, 4.69) is 11.0 Å². The molecule has 0 bridgehead atoms. The van der Waals surface area contributed by atoms with Gasteiger partial charge >= 0.3 is 0 Å². The van der Waals surface area contributed by atoms with E-state index in [9.17, 15) is 17.6 Å². The molecule has 0 atom stereocenters. The molecule has 1 aliphatic rings. The van der Waals surface area contributed by atoms with Gasteiger partial charge in [-0.05, 0) is 59.8 Å². The van der Waals surface area contributed by atoms with E-state index < -0.39 is 15.8 Å². The van der Waals surface area contributed by atoms with Crippen molar-refractivity contribution in [3.63, 3.8) is 0 Å². The van der Waals surface area contributed by atoms with Crippen molar-refractivity contribution in [1.82, 2.24) is 4.90 Å². The molecule has 0 aromatic heterocycles. The molecule has 6 nitrogen and oxygen atoms in total. The third-order valence-corrected chi connectivity index (χ3v) is 6.33. The number of carbonyl (C=O) groups is 1. The molecule has 0 unspecified atom stereocenters.